The van der Waals surface area contributed by atoms with Crippen LogP contribution < -0.4 is 15.6 Å². The van der Waals surface area contributed by atoms with Crippen LogP contribution >= 0.6 is 27.5 Å². The molecule has 7 heteroatoms. The lowest BCUT2D eigenvalue weighted by molar-refractivity contribution is -0.130. The lowest BCUT2D eigenvalue weighted by atomic mass is 10.1. The van der Waals surface area contributed by atoms with Crippen LogP contribution in [0.15, 0.2) is 22.7 Å². The third kappa shape index (κ3) is 13.6. The Hall–Kier alpha value is -1.27. The summed E-state index contributed by atoms with van der Waals surface area (Å²) in [5.74, 6) is -0.0853. The first-order chi connectivity index (χ1) is 14.0. The number of hydrazine groups is 1. The van der Waals surface area contributed by atoms with Gasteiger partial charge < -0.3 is 4.74 Å². The van der Waals surface area contributed by atoms with E-state index in [4.69, 9.17) is 16.3 Å². The monoisotopic (exact) mass is 488 g/mol. The fourth-order valence-corrected chi connectivity index (χ4v) is 3.72. The molecule has 0 saturated carbocycles. The maximum absolute atomic E-state index is 11.8. The first kappa shape index (κ1) is 25.8. The quantitative estimate of drug-likeness (QED) is 0.223. The molecule has 0 aliphatic rings. The summed E-state index contributed by atoms with van der Waals surface area (Å²) in [6.45, 7) is 2.05. The van der Waals surface area contributed by atoms with Crippen molar-refractivity contribution in [3.8, 4) is 5.75 Å². The van der Waals surface area contributed by atoms with E-state index in [1.807, 2.05) is 0 Å². The van der Waals surface area contributed by atoms with Crippen LogP contribution in [0.3, 0.4) is 0 Å². The summed E-state index contributed by atoms with van der Waals surface area (Å²) >= 11 is 9.17. The second-order valence-electron chi connectivity index (χ2n) is 7.25. The second-order valence-corrected chi connectivity index (χ2v) is 8.54. The van der Waals surface area contributed by atoms with Gasteiger partial charge in [0.2, 0.25) is 5.91 Å². The van der Waals surface area contributed by atoms with Gasteiger partial charge in [0.1, 0.15) is 5.75 Å². The zero-order valence-electron chi connectivity index (χ0n) is 17.4. The highest BCUT2D eigenvalue weighted by atomic mass is 79.9. The van der Waals surface area contributed by atoms with E-state index in [0.29, 0.717) is 21.7 Å². The Bertz CT molecular complexity index is 614. The molecule has 0 saturated heterocycles. The second kappa shape index (κ2) is 16.5. The van der Waals surface area contributed by atoms with Gasteiger partial charge >= 0.3 is 0 Å². The fourth-order valence-electron chi connectivity index (χ4n) is 2.92. The van der Waals surface area contributed by atoms with E-state index in [0.717, 1.165) is 12.8 Å². The van der Waals surface area contributed by atoms with E-state index in [2.05, 4.69) is 33.7 Å². The van der Waals surface area contributed by atoms with Gasteiger partial charge in [-0.1, -0.05) is 82.7 Å². The summed E-state index contributed by atoms with van der Waals surface area (Å²) in [6.07, 6.45) is 14.1. The Morgan fingerprint density at radius 2 is 1.45 bits per heavy atom. The van der Waals surface area contributed by atoms with Crippen molar-refractivity contribution in [1.82, 2.24) is 10.9 Å². The van der Waals surface area contributed by atoms with Gasteiger partial charge in [-0.05, 0) is 40.5 Å². The van der Waals surface area contributed by atoms with Crippen molar-refractivity contribution in [1.29, 1.82) is 0 Å². The third-order valence-corrected chi connectivity index (χ3v) is 5.46. The molecule has 1 rings (SSSR count). The van der Waals surface area contributed by atoms with Crippen LogP contribution in [0.4, 0.5) is 0 Å². The third-order valence-electron chi connectivity index (χ3n) is 4.60. The summed E-state index contributed by atoms with van der Waals surface area (Å²) in [7, 11) is 0. The zero-order valence-corrected chi connectivity index (χ0v) is 19.7. The lowest BCUT2D eigenvalue weighted by Crippen LogP contribution is -2.43. The van der Waals surface area contributed by atoms with Crippen LogP contribution in [0.2, 0.25) is 5.02 Å². The number of rotatable bonds is 15. The molecule has 0 atom stereocenters. The van der Waals surface area contributed by atoms with Crippen molar-refractivity contribution in [2.24, 2.45) is 0 Å². The topological polar surface area (TPSA) is 67.4 Å². The number of carbonyl (C=O) groups excluding carboxylic acids is 2. The molecule has 0 spiro atoms. The molecule has 0 aliphatic heterocycles. The van der Waals surface area contributed by atoms with Crippen molar-refractivity contribution < 1.29 is 14.3 Å². The van der Waals surface area contributed by atoms with E-state index in [9.17, 15) is 9.59 Å². The molecule has 0 aromatic heterocycles. The molecule has 164 valence electrons. The molecule has 5 nitrogen and oxygen atoms in total. The number of hydrogen-bond acceptors (Lipinski definition) is 3. The average molecular weight is 490 g/mol. The van der Waals surface area contributed by atoms with Crippen molar-refractivity contribution in [3.05, 3.63) is 27.7 Å². The van der Waals surface area contributed by atoms with Crippen LogP contribution in [-0.4, -0.2) is 18.4 Å². The molecular formula is C22H34BrClN2O3. The van der Waals surface area contributed by atoms with Crippen LogP contribution in [0, 0.1) is 0 Å². The number of hydrogen-bond donors (Lipinski definition) is 2. The largest absolute Gasteiger partial charge is 0.483 e. The van der Waals surface area contributed by atoms with Gasteiger partial charge in [-0.25, -0.2) is 0 Å². The number of nitrogens with one attached hydrogen (secondary N) is 2. The van der Waals surface area contributed by atoms with E-state index in [-0.39, 0.29) is 12.5 Å². The van der Waals surface area contributed by atoms with Crippen LogP contribution in [0.5, 0.6) is 5.75 Å². The van der Waals surface area contributed by atoms with Crippen molar-refractivity contribution in [3.63, 3.8) is 0 Å². The van der Waals surface area contributed by atoms with E-state index in [1.54, 1.807) is 18.2 Å². The first-order valence-corrected chi connectivity index (χ1v) is 11.9. The minimum absolute atomic E-state index is 0.179. The minimum atomic E-state index is -0.417. The number of amides is 2. The summed E-state index contributed by atoms with van der Waals surface area (Å²) in [5.41, 5.74) is 4.80. The van der Waals surface area contributed by atoms with Crippen LogP contribution in [0.1, 0.15) is 84.0 Å². The summed E-state index contributed by atoms with van der Waals surface area (Å²) in [6, 6.07) is 5.03. The SMILES string of the molecule is CCCCCCCCCCCCCC(=O)NNC(=O)COc1ccc(Cl)cc1Br. The summed E-state index contributed by atoms with van der Waals surface area (Å²) in [4.78, 5) is 23.6. The fraction of sp³-hybridized carbons (Fsp3) is 0.636. The van der Waals surface area contributed by atoms with E-state index >= 15 is 0 Å². The molecule has 1 aromatic rings. The number of ether oxygens (including phenoxy) is 1. The van der Waals surface area contributed by atoms with Crippen LogP contribution in [-0.2, 0) is 9.59 Å². The highest BCUT2D eigenvalue weighted by molar-refractivity contribution is 9.10. The molecule has 0 bridgehead atoms. The Labute approximate surface area is 188 Å². The molecule has 2 amide bonds. The number of carbonyl (C=O) groups is 2. The molecule has 2 N–H and O–H groups in total. The van der Waals surface area contributed by atoms with Crippen molar-refractivity contribution in [2.45, 2.75) is 84.0 Å². The first-order valence-electron chi connectivity index (χ1n) is 10.7. The molecule has 0 unspecified atom stereocenters. The van der Waals surface area contributed by atoms with Gasteiger partial charge in [0.25, 0.3) is 5.91 Å². The Kier molecular flexibility index (Phi) is 14.7. The summed E-state index contributed by atoms with van der Waals surface area (Å²) in [5, 5.41) is 0.573. The molecule has 0 heterocycles. The standard InChI is InChI=1S/C22H34BrClN2O3/c1-2-3-4-5-6-7-8-9-10-11-12-13-21(27)25-26-22(28)17-29-20-15-14-18(24)16-19(20)23/h14-16H,2-13,17H2,1H3,(H,25,27)(H,26,28). The van der Waals surface area contributed by atoms with Crippen molar-refractivity contribution >= 4 is 39.3 Å². The highest BCUT2D eigenvalue weighted by Crippen LogP contribution is 2.27. The molecular weight excluding hydrogens is 456 g/mol. The molecule has 0 fully saturated rings. The Morgan fingerprint density at radius 1 is 0.897 bits per heavy atom. The van der Waals surface area contributed by atoms with E-state index < -0.39 is 5.91 Å². The van der Waals surface area contributed by atoms with Gasteiger partial charge in [0.05, 0.1) is 4.47 Å². The number of benzene rings is 1. The van der Waals surface area contributed by atoms with Gasteiger partial charge in [0, 0.05) is 11.4 Å². The maximum Gasteiger partial charge on any atom is 0.276 e. The van der Waals surface area contributed by atoms with Crippen LogP contribution in [0.25, 0.3) is 0 Å². The zero-order chi connectivity index (χ0) is 21.3. The maximum atomic E-state index is 11.8. The lowest BCUT2D eigenvalue weighted by Gasteiger charge is -2.10. The highest BCUT2D eigenvalue weighted by Gasteiger charge is 2.08. The number of halogens is 2. The average Bonchev–Trinajstić information content (AvgIpc) is 2.69. The Balaban J connectivity index is 1.97. The molecule has 1 aromatic carbocycles. The van der Waals surface area contributed by atoms with Gasteiger partial charge in [0.15, 0.2) is 6.61 Å². The van der Waals surface area contributed by atoms with Gasteiger partial charge in [-0.15, -0.1) is 0 Å². The number of unbranched alkanes of at least 4 members (excludes halogenated alkanes) is 10. The summed E-state index contributed by atoms with van der Waals surface area (Å²) < 4.78 is 6.05. The molecule has 0 aliphatic carbocycles. The predicted octanol–water partition coefficient (Wildman–Crippen LogP) is 6.33. The molecule has 29 heavy (non-hydrogen) atoms. The predicted molar refractivity (Wildman–Crippen MR) is 122 cm³/mol. The van der Waals surface area contributed by atoms with E-state index in [1.165, 1.54) is 57.8 Å². The minimum Gasteiger partial charge on any atom is -0.483 e. The van der Waals surface area contributed by atoms with Gasteiger partial charge in [-0.2, -0.15) is 0 Å². The smallest absolute Gasteiger partial charge is 0.276 e. The normalized spacial score (nSPS) is 10.6. The van der Waals surface area contributed by atoms with Crippen molar-refractivity contribution in [2.75, 3.05) is 6.61 Å². The van der Waals surface area contributed by atoms with Gasteiger partial charge in [-0.3, -0.25) is 20.4 Å². The Morgan fingerprint density at radius 3 is 2.03 bits per heavy atom. The molecule has 0 radical (unpaired) electrons.